The van der Waals surface area contributed by atoms with Crippen molar-refractivity contribution in [3.05, 3.63) is 52.1 Å². The van der Waals surface area contributed by atoms with Crippen LogP contribution in [0.2, 0.25) is 10.0 Å². The summed E-state index contributed by atoms with van der Waals surface area (Å²) in [4.78, 5) is 20.2. The molecule has 2 fully saturated rings. The van der Waals surface area contributed by atoms with Crippen molar-refractivity contribution < 1.29 is 9.90 Å². The van der Waals surface area contributed by atoms with Gasteiger partial charge in [-0.25, -0.2) is 0 Å². The first-order valence-corrected chi connectivity index (χ1v) is 14.1. The molecule has 0 radical (unpaired) electrons. The van der Waals surface area contributed by atoms with Crippen molar-refractivity contribution >= 4 is 45.6 Å². The van der Waals surface area contributed by atoms with Gasteiger partial charge in [0.05, 0.1) is 26.8 Å². The summed E-state index contributed by atoms with van der Waals surface area (Å²) in [5.74, 6) is 0.941. The zero-order valence-electron chi connectivity index (χ0n) is 21.6. The fourth-order valence-corrected chi connectivity index (χ4v) is 5.96. The molecule has 196 valence electrons. The van der Waals surface area contributed by atoms with Crippen LogP contribution in [0.5, 0.6) is 5.75 Å². The van der Waals surface area contributed by atoms with Gasteiger partial charge in [-0.2, -0.15) is 0 Å². The van der Waals surface area contributed by atoms with Gasteiger partial charge in [-0.1, -0.05) is 42.1 Å². The summed E-state index contributed by atoms with van der Waals surface area (Å²) in [6.45, 7) is 1.13. The van der Waals surface area contributed by atoms with E-state index in [1.54, 1.807) is 18.3 Å². The monoisotopic (exact) mass is 539 g/mol. The van der Waals surface area contributed by atoms with Gasteiger partial charge < -0.3 is 15.3 Å². The Bertz CT molecular complexity index is 1280. The Balaban J connectivity index is 1.49. The van der Waals surface area contributed by atoms with Crippen LogP contribution in [-0.4, -0.2) is 47.5 Å². The molecule has 7 heteroatoms. The first-order valence-electron chi connectivity index (χ1n) is 13.4. The predicted octanol–water partition coefficient (Wildman–Crippen LogP) is 7.82. The number of rotatable bonds is 8. The Morgan fingerprint density at radius 1 is 1.03 bits per heavy atom. The second-order valence-corrected chi connectivity index (χ2v) is 11.8. The molecule has 2 aromatic carbocycles. The third-order valence-electron chi connectivity index (χ3n) is 7.85. The summed E-state index contributed by atoms with van der Waals surface area (Å²) in [6.07, 6.45) is 10.8. The third kappa shape index (κ3) is 6.05. The molecule has 2 atom stereocenters. The number of halogens is 2. The van der Waals surface area contributed by atoms with Crippen LogP contribution in [0, 0.1) is 11.8 Å². The minimum atomic E-state index is -0.119. The van der Waals surface area contributed by atoms with Crippen molar-refractivity contribution in [3.63, 3.8) is 0 Å². The zero-order chi connectivity index (χ0) is 26.1. The first kappa shape index (κ1) is 26.3. The van der Waals surface area contributed by atoms with E-state index in [1.807, 2.05) is 12.1 Å². The molecule has 2 N–H and O–H groups in total. The Morgan fingerprint density at radius 3 is 2.49 bits per heavy atom. The Morgan fingerprint density at radius 2 is 1.78 bits per heavy atom. The van der Waals surface area contributed by atoms with Crippen molar-refractivity contribution in [1.29, 1.82) is 0 Å². The van der Waals surface area contributed by atoms with Crippen LogP contribution < -0.4 is 5.32 Å². The maximum atomic E-state index is 13.3. The summed E-state index contributed by atoms with van der Waals surface area (Å²) in [7, 11) is 4.28. The highest BCUT2D eigenvalue weighted by Crippen LogP contribution is 2.40. The molecular formula is C30H35Cl2N3O2. The lowest BCUT2D eigenvalue weighted by Crippen LogP contribution is -2.21. The van der Waals surface area contributed by atoms with Gasteiger partial charge in [0.25, 0.3) is 0 Å². The number of phenols is 1. The Kier molecular flexibility index (Phi) is 7.94. The number of benzene rings is 2. The number of aromatic hydroxyl groups is 1. The summed E-state index contributed by atoms with van der Waals surface area (Å²) in [5.41, 5.74) is 4.14. The maximum Gasteiger partial charge on any atom is 0.169 e. The van der Waals surface area contributed by atoms with E-state index in [0.29, 0.717) is 11.6 Å². The average molecular weight is 541 g/mol. The van der Waals surface area contributed by atoms with E-state index in [9.17, 15) is 9.90 Å². The molecule has 1 aromatic heterocycles. The standard InChI is InChI=1S/C30H35Cl2N3O2/c1-35(2)13-12-18-4-3-5-22(10-6-18)34-28-23-14-20(21-15-25(31)30(37)26(32)16-21)9-11-27(23)33-17-24(28)29(36)19-7-8-19/h9,11,14-19,22,37H,3-8,10,12-13H2,1-2H3,(H,33,34). The first-order chi connectivity index (χ1) is 17.8. The highest BCUT2D eigenvalue weighted by molar-refractivity contribution is 6.37. The number of carbonyl (C=O) groups excluding carboxylic acids is 1. The Labute approximate surface area is 229 Å². The Hall–Kier alpha value is -2.34. The molecule has 1 heterocycles. The lowest BCUT2D eigenvalue weighted by molar-refractivity contribution is 0.0968. The molecule has 5 nitrogen and oxygen atoms in total. The van der Waals surface area contributed by atoms with E-state index in [0.717, 1.165) is 65.9 Å². The van der Waals surface area contributed by atoms with Gasteiger partial charge in [-0.15, -0.1) is 0 Å². The normalized spacial score (nSPS) is 20.2. The van der Waals surface area contributed by atoms with E-state index in [2.05, 4.69) is 35.4 Å². The lowest BCUT2D eigenvalue weighted by Gasteiger charge is -2.22. The molecule has 2 aliphatic rings. The number of nitrogens with one attached hydrogen (secondary N) is 1. The van der Waals surface area contributed by atoms with Gasteiger partial charge in [0.15, 0.2) is 11.5 Å². The van der Waals surface area contributed by atoms with Crippen molar-refractivity contribution in [3.8, 4) is 16.9 Å². The quantitative estimate of drug-likeness (QED) is 0.225. The van der Waals surface area contributed by atoms with Gasteiger partial charge >= 0.3 is 0 Å². The van der Waals surface area contributed by atoms with Crippen LogP contribution in [0.4, 0.5) is 5.69 Å². The highest BCUT2D eigenvalue weighted by atomic mass is 35.5. The fraction of sp³-hybridized carbons (Fsp3) is 0.467. The number of fused-ring (bicyclic) bond motifs is 1. The number of hydrogen-bond acceptors (Lipinski definition) is 5. The van der Waals surface area contributed by atoms with Crippen molar-refractivity contribution in [2.75, 3.05) is 26.0 Å². The number of phenolic OH excluding ortho intramolecular Hbond substituents is 1. The minimum Gasteiger partial charge on any atom is -0.505 e. The molecule has 37 heavy (non-hydrogen) atoms. The number of hydrogen-bond donors (Lipinski definition) is 2. The molecule has 0 saturated heterocycles. The maximum absolute atomic E-state index is 13.3. The van der Waals surface area contributed by atoms with Crippen molar-refractivity contribution in [2.45, 2.75) is 57.4 Å². The fourth-order valence-electron chi connectivity index (χ4n) is 5.47. The van der Waals surface area contributed by atoms with Gasteiger partial charge in [0.2, 0.25) is 0 Å². The summed E-state index contributed by atoms with van der Waals surface area (Å²) < 4.78 is 0. The topological polar surface area (TPSA) is 65.5 Å². The number of nitrogens with zero attached hydrogens (tertiary/aromatic N) is 2. The zero-order valence-corrected chi connectivity index (χ0v) is 23.1. The predicted molar refractivity (Wildman–Crippen MR) is 153 cm³/mol. The lowest BCUT2D eigenvalue weighted by atomic mass is 9.96. The largest absolute Gasteiger partial charge is 0.505 e. The van der Waals surface area contributed by atoms with Crippen molar-refractivity contribution in [2.24, 2.45) is 11.8 Å². The van der Waals surface area contributed by atoms with Gasteiger partial charge in [-0.05, 0) is 100 Å². The van der Waals surface area contributed by atoms with Gasteiger partial charge in [0, 0.05) is 23.5 Å². The molecule has 2 unspecified atom stereocenters. The number of carbonyl (C=O) groups is 1. The van der Waals surface area contributed by atoms with E-state index < -0.39 is 0 Å². The van der Waals surface area contributed by atoms with Gasteiger partial charge in [-0.3, -0.25) is 9.78 Å². The van der Waals surface area contributed by atoms with Crippen LogP contribution in [0.3, 0.4) is 0 Å². The number of aromatic nitrogens is 1. The summed E-state index contributed by atoms with van der Waals surface area (Å²) in [5, 5.41) is 15.2. The number of Topliss-reactive ketones (excluding diaryl/α,β-unsaturated/α-hetero) is 1. The number of ketones is 1. The number of pyridine rings is 1. The van der Waals surface area contributed by atoms with E-state index in [1.165, 1.54) is 25.7 Å². The number of anilines is 1. The third-order valence-corrected chi connectivity index (χ3v) is 8.43. The van der Waals surface area contributed by atoms with E-state index >= 15 is 0 Å². The van der Waals surface area contributed by atoms with E-state index in [-0.39, 0.29) is 27.5 Å². The van der Waals surface area contributed by atoms with Crippen LogP contribution in [0.15, 0.2) is 36.5 Å². The molecule has 0 spiro atoms. The average Bonchev–Trinajstić information content (AvgIpc) is 3.74. The minimum absolute atomic E-state index is 0.113. The van der Waals surface area contributed by atoms with Crippen molar-refractivity contribution in [1.82, 2.24) is 9.88 Å². The molecule has 0 aliphatic heterocycles. The molecule has 2 saturated carbocycles. The summed E-state index contributed by atoms with van der Waals surface area (Å²) in [6, 6.07) is 9.75. The van der Waals surface area contributed by atoms with Crippen LogP contribution in [0.1, 0.15) is 61.7 Å². The second-order valence-electron chi connectivity index (χ2n) is 11.0. The molecule has 2 aliphatic carbocycles. The summed E-state index contributed by atoms with van der Waals surface area (Å²) >= 11 is 12.4. The van der Waals surface area contributed by atoms with Crippen LogP contribution in [0.25, 0.3) is 22.0 Å². The molecule has 0 bridgehead atoms. The smallest absolute Gasteiger partial charge is 0.169 e. The second kappa shape index (κ2) is 11.2. The molecule has 3 aromatic rings. The van der Waals surface area contributed by atoms with Crippen LogP contribution in [-0.2, 0) is 0 Å². The van der Waals surface area contributed by atoms with Crippen LogP contribution >= 0.6 is 23.2 Å². The highest BCUT2D eigenvalue weighted by Gasteiger charge is 2.33. The molecule has 0 amide bonds. The molecule has 5 rings (SSSR count). The molecular weight excluding hydrogens is 505 g/mol. The van der Waals surface area contributed by atoms with Gasteiger partial charge in [0.1, 0.15) is 0 Å². The van der Waals surface area contributed by atoms with E-state index in [4.69, 9.17) is 23.2 Å². The SMILES string of the molecule is CN(C)CCC1CCCC(Nc2c(C(=O)C3CC3)cnc3ccc(-c4cc(Cl)c(O)c(Cl)c4)cc23)CC1.